The van der Waals surface area contributed by atoms with Gasteiger partial charge in [0, 0.05) is 5.69 Å². The fraction of sp³-hybridized carbons (Fsp3) is 0.263. The lowest BCUT2D eigenvalue weighted by Gasteiger charge is -2.14. The van der Waals surface area contributed by atoms with Crippen molar-refractivity contribution in [3.8, 4) is 0 Å². The van der Waals surface area contributed by atoms with Crippen molar-refractivity contribution >= 4 is 27.6 Å². The highest BCUT2D eigenvalue weighted by molar-refractivity contribution is 7.89. The number of nitrogens with one attached hydrogen (secondary N) is 1. The van der Waals surface area contributed by atoms with Crippen molar-refractivity contribution in [2.24, 2.45) is 5.14 Å². The smallest absolute Gasteiger partial charge is 0.338 e. The molecule has 0 saturated carbocycles. The first-order chi connectivity index (χ1) is 12.7. The minimum absolute atomic E-state index is 0.0587. The molecule has 0 aromatic heterocycles. The van der Waals surface area contributed by atoms with Crippen LogP contribution in [0.3, 0.4) is 0 Å². The fourth-order valence-corrected chi connectivity index (χ4v) is 3.47. The summed E-state index contributed by atoms with van der Waals surface area (Å²) in [5.41, 5.74) is 3.19. The number of esters is 1. The molecule has 3 rings (SSSR count). The average Bonchev–Trinajstić information content (AvgIpc) is 3.09. The third kappa shape index (κ3) is 4.53. The van der Waals surface area contributed by atoms with E-state index in [-0.39, 0.29) is 4.90 Å². The molecule has 0 bridgehead atoms. The number of amides is 1. The summed E-state index contributed by atoms with van der Waals surface area (Å²) < 4.78 is 27.7. The van der Waals surface area contributed by atoms with E-state index in [9.17, 15) is 18.0 Å². The molecule has 0 aliphatic heterocycles. The predicted octanol–water partition coefficient (Wildman–Crippen LogP) is 2.01. The van der Waals surface area contributed by atoms with Crippen molar-refractivity contribution < 1.29 is 22.7 Å². The van der Waals surface area contributed by atoms with Gasteiger partial charge in [0.1, 0.15) is 0 Å². The van der Waals surface area contributed by atoms with Crippen LogP contribution in [-0.2, 0) is 32.4 Å². The molecule has 8 heteroatoms. The van der Waals surface area contributed by atoms with E-state index in [1.165, 1.54) is 36.8 Å². The number of benzene rings is 2. The first-order valence-electron chi connectivity index (χ1n) is 8.50. The maximum Gasteiger partial charge on any atom is 0.338 e. The van der Waals surface area contributed by atoms with Crippen molar-refractivity contribution in [1.82, 2.24) is 0 Å². The number of rotatable bonds is 5. The molecule has 1 aliphatic carbocycles. The summed E-state index contributed by atoms with van der Waals surface area (Å²) in [6.07, 6.45) is 2.04. The first kappa shape index (κ1) is 19.1. The Morgan fingerprint density at radius 1 is 1.07 bits per heavy atom. The van der Waals surface area contributed by atoms with E-state index in [4.69, 9.17) is 9.88 Å². The molecule has 1 aliphatic rings. The van der Waals surface area contributed by atoms with E-state index in [2.05, 4.69) is 5.32 Å². The molecule has 1 unspecified atom stereocenters. The Morgan fingerprint density at radius 3 is 2.41 bits per heavy atom. The molecule has 3 N–H and O–H groups in total. The lowest BCUT2D eigenvalue weighted by Crippen LogP contribution is -2.30. The number of fused-ring (bicyclic) bond motifs is 1. The van der Waals surface area contributed by atoms with Crippen molar-refractivity contribution in [2.75, 3.05) is 5.32 Å². The van der Waals surface area contributed by atoms with Crippen molar-refractivity contribution in [1.29, 1.82) is 0 Å². The van der Waals surface area contributed by atoms with Crippen LogP contribution in [0, 0.1) is 0 Å². The maximum absolute atomic E-state index is 12.3. The number of ether oxygens (including phenoxy) is 1. The monoisotopic (exact) mass is 388 g/mol. The van der Waals surface area contributed by atoms with Crippen LogP contribution in [0.15, 0.2) is 47.4 Å². The van der Waals surface area contributed by atoms with Crippen molar-refractivity contribution in [2.45, 2.75) is 37.2 Å². The van der Waals surface area contributed by atoms with Gasteiger partial charge in [0.05, 0.1) is 10.5 Å². The van der Waals surface area contributed by atoms with Gasteiger partial charge >= 0.3 is 5.97 Å². The summed E-state index contributed by atoms with van der Waals surface area (Å²) in [5.74, 6) is -1.08. The second-order valence-corrected chi connectivity index (χ2v) is 8.00. The van der Waals surface area contributed by atoms with Crippen LogP contribution in [0.4, 0.5) is 5.69 Å². The van der Waals surface area contributed by atoms with Gasteiger partial charge in [-0.3, -0.25) is 4.79 Å². The Labute approximate surface area is 157 Å². The second-order valence-electron chi connectivity index (χ2n) is 6.44. The zero-order chi connectivity index (χ0) is 19.6. The maximum atomic E-state index is 12.3. The number of hydrogen-bond acceptors (Lipinski definition) is 5. The van der Waals surface area contributed by atoms with Crippen LogP contribution in [0.2, 0.25) is 0 Å². The number of carbonyl (C=O) groups is 2. The number of anilines is 1. The predicted molar refractivity (Wildman–Crippen MR) is 99.8 cm³/mol. The Hall–Kier alpha value is -2.71. The summed E-state index contributed by atoms with van der Waals surface area (Å²) in [6, 6.07) is 10.8. The van der Waals surface area contributed by atoms with Crippen LogP contribution in [-0.4, -0.2) is 26.4 Å². The number of primary sulfonamides is 1. The van der Waals surface area contributed by atoms with E-state index < -0.39 is 28.0 Å². The van der Waals surface area contributed by atoms with Crippen LogP contribution < -0.4 is 10.5 Å². The Bertz CT molecular complexity index is 984. The normalized spacial score (nSPS) is 14.3. The molecule has 2 aromatic carbocycles. The molecule has 142 valence electrons. The Balaban J connectivity index is 1.61. The average molecular weight is 388 g/mol. The molecule has 2 aromatic rings. The molecule has 27 heavy (non-hydrogen) atoms. The van der Waals surface area contributed by atoms with Gasteiger partial charge in [-0.15, -0.1) is 0 Å². The van der Waals surface area contributed by atoms with Gasteiger partial charge in [-0.05, 0) is 73.7 Å². The molecular formula is C19H20N2O5S. The third-order valence-corrected chi connectivity index (χ3v) is 5.37. The van der Waals surface area contributed by atoms with Crippen LogP contribution in [0.25, 0.3) is 0 Å². The fourth-order valence-electron chi connectivity index (χ4n) is 2.95. The topological polar surface area (TPSA) is 116 Å². The molecule has 0 fully saturated rings. The van der Waals surface area contributed by atoms with Gasteiger partial charge in [0.25, 0.3) is 5.91 Å². The highest BCUT2D eigenvalue weighted by Crippen LogP contribution is 2.23. The van der Waals surface area contributed by atoms with Crippen LogP contribution in [0.5, 0.6) is 0 Å². The van der Waals surface area contributed by atoms with Crippen LogP contribution in [0.1, 0.15) is 34.8 Å². The largest absolute Gasteiger partial charge is 0.449 e. The highest BCUT2D eigenvalue weighted by Gasteiger charge is 2.21. The molecule has 0 saturated heterocycles. The minimum Gasteiger partial charge on any atom is -0.449 e. The summed E-state index contributed by atoms with van der Waals surface area (Å²) in [6.45, 7) is 1.47. The van der Waals surface area contributed by atoms with Gasteiger partial charge in [0.2, 0.25) is 10.0 Å². The molecule has 0 heterocycles. The molecule has 1 atom stereocenters. The summed E-state index contributed by atoms with van der Waals surface area (Å²) in [7, 11) is -3.80. The number of aryl methyl sites for hydroxylation is 2. The minimum atomic E-state index is -3.80. The zero-order valence-corrected chi connectivity index (χ0v) is 15.6. The van der Waals surface area contributed by atoms with Crippen molar-refractivity contribution in [3.63, 3.8) is 0 Å². The molecule has 0 spiro atoms. The molecular weight excluding hydrogens is 368 g/mol. The lowest BCUT2D eigenvalue weighted by molar-refractivity contribution is -0.123. The Kier molecular flexibility index (Phi) is 5.29. The molecule has 0 radical (unpaired) electrons. The quantitative estimate of drug-likeness (QED) is 0.760. The molecule has 1 amide bonds. The summed E-state index contributed by atoms with van der Waals surface area (Å²) in [4.78, 5) is 24.4. The molecule has 7 nitrogen and oxygen atoms in total. The lowest BCUT2D eigenvalue weighted by atomic mass is 10.1. The van der Waals surface area contributed by atoms with Gasteiger partial charge < -0.3 is 10.1 Å². The van der Waals surface area contributed by atoms with Gasteiger partial charge in [-0.25, -0.2) is 18.4 Å². The van der Waals surface area contributed by atoms with E-state index >= 15 is 0 Å². The number of nitrogens with two attached hydrogens (primary N) is 1. The number of hydrogen-bond donors (Lipinski definition) is 2. The SMILES string of the molecule is CC(OC(=O)c1ccc2c(c1)CCC2)C(=O)Nc1ccc(S(N)(=O)=O)cc1. The highest BCUT2D eigenvalue weighted by atomic mass is 32.2. The summed E-state index contributed by atoms with van der Waals surface area (Å²) >= 11 is 0. The van der Waals surface area contributed by atoms with Gasteiger partial charge in [-0.1, -0.05) is 6.07 Å². The second kappa shape index (κ2) is 7.50. The standard InChI is InChI=1S/C19H20N2O5S/c1-12(18(22)21-16-7-9-17(10-8-16)27(20,24)25)26-19(23)15-6-5-13-3-2-4-14(13)11-15/h5-12H,2-4H2,1H3,(H,21,22)(H2,20,24,25). The summed E-state index contributed by atoms with van der Waals surface area (Å²) in [5, 5.41) is 7.59. The number of sulfonamides is 1. The zero-order valence-electron chi connectivity index (χ0n) is 14.8. The van der Waals surface area contributed by atoms with E-state index in [1.54, 1.807) is 6.07 Å². The first-order valence-corrected chi connectivity index (χ1v) is 10.1. The third-order valence-electron chi connectivity index (χ3n) is 4.44. The number of carbonyl (C=O) groups excluding carboxylic acids is 2. The van der Waals surface area contributed by atoms with Crippen LogP contribution >= 0.6 is 0 Å². The van der Waals surface area contributed by atoms with E-state index in [0.717, 1.165) is 24.8 Å². The van der Waals surface area contributed by atoms with Gasteiger partial charge in [-0.2, -0.15) is 0 Å². The Morgan fingerprint density at radius 2 is 1.74 bits per heavy atom. The van der Waals surface area contributed by atoms with Gasteiger partial charge in [0.15, 0.2) is 6.10 Å². The van der Waals surface area contributed by atoms with E-state index in [0.29, 0.717) is 11.3 Å². The van der Waals surface area contributed by atoms with Crippen molar-refractivity contribution in [3.05, 3.63) is 59.2 Å². The van der Waals surface area contributed by atoms with E-state index in [1.807, 2.05) is 12.1 Å².